The molecule has 0 saturated heterocycles. The lowest BCUT2D eigenvalue weighted by molar-refractivity contribution is -0.113. The molecule has 0 N–H and O–H groups in total. The van der Waals surface area contributed by atoms with Crippen LogP contribution in [0.4, 0.5) is 0 Å². The summed E-state index contributed by atoms with van der Waals surface area (Å²) < 4.78 is 0. The van der Waals surface area contributed by atoms with Crippen molar-refractivity contribution in [2.45, 2.75) is 18.7 Å². The van der Waals surface area contributed by atoms with E-state index >= 15 is 0 Å². The number of rotatable bonds is 3. The molecule has 0 aliphatic heterocycles. The van der Waals surface area contributed by atoms with Crippen molar-refractivity contribution in [3.8, 4) is 0 Å². The average Bonchev–Trinajstić information content (AvgIpc) is 2.18. The van der Waals surface area contributed by atoms with E-state index in [0.29, 0.717) is 0 Å². The van der Waals surface area contributed by atoms with Gasteiger partial charge in [0.05, 0.1) is 0 Å². The van der Waals surface area contributed by atoms with Gasteiger partial charge < -0.3 is 0 Å². The fourth-order valence-electron chi connectivity index (χ4n) is 1.12. The van der Waals surface area contributed by atoms with E-state index in [0.717, 1.165) is 11.1 Å². The molecule has 0 spiro atoms. The lowest BCUT2D eigenvalue weighted by atomic mass is 10.1. The fraction of sp³-hybridized carbons (Fsp3) is 0.250. The first-order chi connectivity index (χ1) is 6.65. The molecule has 0 radical (unpaired) electrons. The normalized spacial score (nSPS) is 11.5. The van der Waals surface area contributed by atoms with E-state index in [1.165, 1.54) is 4.90 Å². The second-order valence-electron chi connectivity index (χ2n) is 3.13. The molecule has 0 aliphatic rings. The summed E-state index contributed by atoms with van der Waals surface area (Å²) in [4.78, 5) is 12.3. The van der Waals surface area contributed by atoms with Gasteiger partial charge in [-0.05, 0) is 43.4 Å². The molecule has 2 heteroatoms. The van der Waals surface area contributed by atoms with Crippen LogP contribution in [0.1, 0.15) is 19.4 Å². The molecule has 0 bridgehead atoms. The fourth-order valence-corrected chi connectivity index (χ4v) is 1.70. The highest BCUT2D eigenvalue weighted by molar-refractivity contribution is 7.98. The Morgan fingerprint density at radius 1 is 1.29 bits per heavy atom. The Hall–Kier alpha value is -1.02. The second kappa shape index (κ2) is 5.01. The van der Waals surface area contributed by atoms with Gasteiger partial charge in [0, 0.05) is 4.90 Å². The highest BCUT2D eigenvalue weighted by Gasteiger charge is 2.00. The standard InChI is InChI=1S/C12H14OS/c1-9(10(2)13)8-11-6-4-5-7-12(11)14-3/h4-8H,1-3H3. The van der Waals surface area contributed by atoms with Crippen molar-refractivity contribution in [2.24, 2.45) is 0 Å². The van der Waals surface area contributed by atoms with Crippen molar-refractivity contribution in [1.29, 1.82) is 0 Å². The first kappa shape index (κ1) is 11.1. The maximum Gasteiger partial charge on any atom is 0.155 e. The molecule has 1 aromatic carbocycles. The van der Waals surface area contributed by atoms with Gasteiger partial charge in [0.2, 0.25) is 0 Å². The average molecular weight is 206 g/mol. The number of thioether (sulfide) groups is 1. The van der Waals surface area contributed by atoms with Gasteiger partial charge in [0.15, 0.2) is 5.78 Å². The highest BCUT2D eigenvalue weighted by atomic mass is 32.2. The first-order valence-corrected chi connectivity index (χ1v) is 5.70. The molecule has 0 atom stereocenters. The summed E-state index contributed by atoms with van der Waals surface area (Å²) in [6.45, 7) is 3.44. The van der Waals surface area contributed by atoms with Crippen molar-refractivity contribution >= 4 is 23.6 Å². The van der Waals surface area contributed by atoms with Crippen LogP contribution in [0, 0.1) is 0 Å². The maximum absolute atomic E-state index is 11.1. The zero-order valence-corrected chi connectivity index (χ0v) is 9.52. The Morgan fingerprint density at radius 3 is 2.50 bits per heavy atom. The van der Waals surface area contributed by atoms with Crippen molar-refractivity contribution in [1.82, 2.24) is 0 Å². The number of ketones is 1. The minimum atomic E-state index is 0.126. The summed E-state index contributed by atoms with van der Waals surface area (Å²) in [5.74, 6) is 0.126. The smallest absolute Gasteiger partial charge is 0.155 e. The van der Waals surface area contributed by atoms with Crippen LogP contribution in [0.3, 0.4) is 0 Å². The third-order valence-corrected chi connectivity index (χ3v) is 2.88. The van der Waals surface area contributed by atoms with E-state index in [-0.39, 0.29) is 5.78 Å². The molecule has 0 amide bonds. The Morgan fingerprint density at radius 2 is 1.93 bits per heavy atom. The number of benzene rings is 1. The third-order valence-electron chi connectivity index (χ3n) is 2.07. The van der Waals surface area contributed by atoms with Gasteiger partial charge in [-0.15, -0.1) is 11.8 Å². The second-order valence-corrected chi connectivity index (χ2v) is 3.97. The van der Waals surface area contributed by atoms with Gasteiger partial charge in [0.25, 0.3) is 0 Å². The van der Waals surface area contributed by atoms with Crippen LogP contribution < -0.4 is 0 Å². The zero-order valence-electron chi connectivity index (χ0n) is 8.70. The van der Waals surface area contributed by atoms with Crippen LogP contribution in [0.2, 0.25) is 0 Å². The van der Waals surface area contributed by atoms with Crippen LogP contribution >= 0.6 is 11.8 Å². The lowest BCUT2D eigenvalue weighted by Crippen LogP contribution is -1.91. The molecule has 1 rings (SSSR count). The molecule has 0 unspecified atom stereocenters. The quantitative estimate of drug-likeness (QED) is 0.557. The molecule has 1 aromatic rings. The number of allylic oxidation sites excluding steroid dienone is 1. The molecule has 0 fully saturated rings. The third kappa shape index (κ3) is 2.74. The van der Waals surface area contributed by atoms with E-state index in [4.69, 9.17) is 0 Å². The predicted octanol–water partition coefficient (Wildman–Crippen LogP) is 3.40. The van der Waals surface area contributed by atoms with Crippen LogP contribution in [0.15, 0.2) is 34.7 Å². The van der Waals surface area contributed by atoms with Crippen LogP contribution in [-0.2, 0) is 4.79 Å². The molecule has 0 aliphatic carbocycles. The summed E-state index contributed by atoms with van der Waals surface area (Å²) >= 11 is 1.69. The molecule has 1 nitrogen and oxygen atoms in total. The van der Waals surface area contributed by atoms with Gasteiger partial charge >= 0.3 is 0 Å². The minimum Gasteiger partial charge on any atom is -0.295 e. The lowest BCUT2D eigenvalue weighted by Gasteiger charge is -2.02. The van der Waals surface area contributed by atoms with Crippen molar-refractivity contribution in [3.05, 3.63) is 35.4 Å². The number of carbonyl (C=O) groups is 1. The summed E-state index contributed by atoms with van der Waals surface area (Å²) in [5, 5.41) is 0. The Labute approximate surface area is 89.2 Å². The van der Waals surface area contributed by atoms with E-state index in [2.05, 4.69) is 6.07 Å². The highest BCUT2D eigenvalue weighted by Crippen LogP contribution is 2.22. The van der Waals surface area contributed by atoms with Crippen molar-refractivity contribution < 1.29 is 4.79 Å². The van der Waals surface area contributed by atoms with Crippen LogP contribution in [0.25, 0.3) is 6.08 Å². The molecule has 0 saturated carbocycles. The Balaban J connectivity index is 3.07. The molecular weight excluding hydrogens is 192 g/mol. The summed E-state index contributed by atoms with van der Waals surface area (Å²) in [6, 6.07) is 8.08. The molecule has 0 heterocycles. The number of carbonyl (C=O) groups excluding carboxylic acids is 1. The predicted molar refractivity (Wildman–Crippen MR) is 62.6 cm³/mol. The van der Waals surface area contributed by atoms with Crippen LogP contribution in [0.5, 0.6) is 0 Å². The van der Waals surface area contributed by atoms with Gasteiger partial charge in [0.1, 0.15) is 0 Å². The summed E-state index contributed by atoms with van der Waals surface area (Å²) in [7, 11) is 0. The summed E-state index contributed by atoms with van der Waals surface area (Å²) in [5.41, 5.74) is 1.92. The Bertz CT molecular complexity index is 366. The molecule has 14 heavy (non-hydrogen) atoms. The number of hydrogen-bond acceptors (Lipinski definition) is 2. The molecule has 0 aromatic heterocycles. The minimum absolute atomic E-state index is 0.126. The monoisotopic (exact) mass is 206 g/mol. The number of Topliss-reactive ketones (excluding diaryl/α,β-unsaturated/α-hetero) is 1. The molecular formula is C12H14OS. The SMILES string of the molecule is CSc1ccccc1C=C(C)C(C)=O. The van der Waals surface area contributed by atoms with E-state index in [1.54, 1.807) is 18.7 Å². The van der Waals surface area contributed by atoms with E-state index < -0.39 is 0 Å². The van der Waals surface area contributed by atoms with Gasteiger partial charge in [-0.25, -0.2) is 0 Å². The number of hydrogen-bond donors (Lipinski definition) is 0. The summed E-state index contributed by atoms with van der Waals surface area (Å²) in [6.07, 6.45) is 3.98. The van der Waals surface area contributed by atoms with E-state index in [9.17, 15) is 4.79 Å². The van der Waals surface area contributed by atoms with Crippen molar-refractivity contribution in [2.75, 3.05) is 6.26 Å². The first-order valence-electron chi connectivity index (χ1n) is 4.47. The van der Waals surface area contributed by atoms with Crippen molar-refractivity contribution in [3.63, 3.8) is 0 Å². The zero-order chi connectivity index (χ0) is 10.6. The van der Waals surface area contributed by atoms with Gasteiger partial charge in [-0.1, -0.05) is 18.2 Å². The van der Waals surface area contributed by atoms with Crippen LogP contribution in [-0.4, -0.2) is 12.0 Å². The van der Waals surface area contributed by atoms with Gasteiger partial charge in [-0.2, -0.15) is 0 Å². The topological polar surface area (TPSA) is 17.1 Å². The maximum atomic E-state index is 11.1. The molecule has 74 valence electrons. The van der Waals surface area contributed by atoms with Gasteiger partial charge in [-0.3, -0.25) is 4.79 Å². The largest absolute Gasteiger partial charge is 0.295 e. The van der Waals surface area contributed by atoms with E-state index in [1.807, 2.05) is 37.5 Å². The Kier molecular flexibility index (Phi) is 3.96.